The second-order valence-corrected chi connectivity index (χ2v) is 21.8. The largest absolute Gasteiger partial charge is 0.455 e. The Kier molecular flexibility index (Phi) is 14.7. The van der Waals surface area contributed by atoms with E-state index in [1.54, 1.807) is 30.6 Å². The Bertz CT molecular complexity index is 2820. The van der Waals surface area contributed by atoms with Crippen molar-refractivity contribution in [1.29, 1.82) is 0 Å². The molecule has 2 aliphatic heterocycles. The van der Waals surface area contributed by atoms with Crippen LogP contribution in [0.15, 0.2) is 89.6 Å². The van der Waals surface area contributed by atoms with Crippen LogP contribution < -0.4 is 19.7 Å². The smallest absolute Gasteiger partial charge is 0.416 e. The molecule has 2 saturated heterocycles. The lowest BCUT2D eigenvalue weighted by molar-refractivity contribution is -0.384. The van der Waals surface area contributed by atoms with Crippen LogP contribution in [-0.4, -0.2) is 97.0 Å². The number of benzene rings is 3. The molecule has 2 aromatic heterocycles. The number of pyridine rings is 1. The molecule has 14 nitrogen and oxygen atoms in total. The molecule has 0 radical (unpaired) electrons. The monoisotopic (exact) mass is 994 g/mol. The zero-order valence-electron chi connectivity index (χ0n) is 38.0. The molecule has 0 spiro atoms. The standard InChI is InChI=1S/C48H54ClF3N8O6S2/c1-47(2)15-10-33(40(28-47)38-7-4-34(25-41(38)49)48(50,51)52)30-57-20-22-58(23-21-57)35-5-8-39(44(26-35)66-36-24-32-12-17-54-45(32)55-29-36)46(61)56-67-37-6-9-42(43(27-37)60(62)63)53-16-11-31-13-18-59(19-14-31)68(3,64)65/h4-9,12,17,24-27,29,31,53H,10-11,13-16,18-23,28,30H2,1-3H3,(H,54,55)(H,56,61). The number of nitrogens with zero attached hydrogens (tertiary/aromatic N) is 5. The number of allylic oxidation sites excluding steroid dienone is 1. The summed E-state index contributed by atoms with van der Waals surface area (Å²) in [4.78, 5) is 38.2. The maximum atomic E-state index is 13.9. The van der Waals surface area contributed by atoms with E-state index in [9.17, 15) is 36.5 Å². The Labute approximate surface area is 403 Å². The summed E-state index contributed by atoms with van der Waals surface area (Å²) in [5.74, 6) is 0.541. The molecule has 20 heteroatoms. The van der Waals surface area contributed by atoms with Gasteiger partial charge in [-0.2, -0.15) is 13.2 Å². The van der Waals surface area contributed by atoms with Gasteiger partial charge in [0.1, 0.15) is 22.8 Å². The van der Waals surface area contributed by atoms with E-state index in [1.165, 1.54) is 28.3 Å². The predicted molar refractivity (Wildman–Crippen MR) is 261 cm³/mol. The summed E-state index contributed by atoms with van der Waals surface area (Å²) in [6, 6.07) is 17.5. The van der Waals surface area contributed by atoms with Crippen LogP contribution in [0.4, 0.5) is 30.2 Å². The van der Waals surface area contributed by atoms with E-state index in [1.807, 2.05) is 24.3 Å². The van der Waals surface area contributed by atoms with Gasteiger partial charge in [-0.1, -0.05) is 37.1 Å². The molecule has 1 amide bonds. The average molecular weight is 996 g/mol. The number of nitro benzene ring substituents is 1. The maximum absolute atomic E-state index is 13.9. The second kappa shape index (κ2) is 20.3. The summed E-state index contributed by atoms with van der Waals surface area (Å²) in [7, 11) is -3.22. The van der Waals surface area contributed by atoms with Crippen molar-refractivity contribution in [3.8, 4) is 11.5 Å². The van der Waals surface area contributed by atoms with Gasteiger partial charge >= 0.3 is 6.18 Å². The first-order valence-electron chi connectivity index (χ1n) is 22.5. The minimum atomic E-state index is -4.48. The number of carbonyl (C=O) groups excluding carboxylic acids is 1. The molecule has 0 atom stereocenters. The predicted octanol–water partition coefficient (Wildman–Crippen LogP) is 10.6. The number of hydrogen-bond donors (Lipinski definition) is 3. The number of nitrogens with one attached hydrogen (secondary N) is 3. The molecule has 3 aliphatic rings. The summed E-state index contributed by atoms with van der Waals surface area (Å²) in [5.41, 5.74) is 4.05. The van der Waals surface area contributed by atoms with Gasteiger partial charge in [0.25, 0.3) is 11.6 Å². The average Bonchev–Trinajstić information content (AvgIpc) is 3.77. The van der Waals surface area contributed by atoms with Gasteiger partial charge in [-0.3, -0.25) is 24.5 Å². The zero-order valence-corrected chi connectivity index (χ0v) is 40.4. The molecule has 68 heavy (non-hydrogen) atoms. The fourth-order valence-corrected chi connectivity index (χ4v) is 11.0. The van der Waals surface area contributed by atoms with Gasteiger partial charge in [0.15, 0.2) is 0 Å². The number of fused-ring (bicyclic) bond motifs is 1. The van der Waals surface area contributed by atoms with E-state index < -0.39 is 32.6 Å². The molecule has 8 rings (SSSR count). The molecule has 3 N–H and O–H groups in total. The number of ether oxygens (including phenoxy) is 1. The van der Waals surface area contributed by atoms with Crippen molar-refractivity contribution in [3.63, 3.8) is 0 Å². The van der Waals surface area contributed by atoms with Crippen molar-refractivity contribution in [1.82, 2.24) is 23.9 Å². The first-order chi connectivity index (χ1) is 32.3. The summed E-state index contributed by atoms with van der Waals surface area (Å²) in [5, 5.41) is 16.3. The fourth-order valence-electron chi connectivity index (χ4n) is 9.22. The van der Waals surface area contributed by atoms with E-state index in [2.05, 4.69) is 43.7 Å². The van der Waals surface area contributed by atoms with Crippen LogP contribution in [0, 0.1) is 21.4 Å². The third kappa shape index (κ3) is 11.9. The van der Waals surface area contributed by atoms with Crippen LogP contribution in [0.1, 0.15) is 73.9 Å². The summed E-state index contributed by atoms with van der Waals surface area (Å²) >= 11 is 7.50. The van der Waals surface area contributed by atoms with Gasteiger partial charge in [0.2, 0.25) is 10.0 Å². The van der Waals surface area contributed by atoms with E-state index in [0.29, 0.717) is 84.9 Å². The van der Waals surface area contributed by atoms with Crippen LogP contribution in [0.5, 0.6) is 11.5 Å². The highest BCUT2D eigenvalue weighted by Crippen LogP contribution is 2.46. The van der Waals surface area contributed by atoms with E-state index in [0.717, 1.165) is 85.9 Å². The van der Waals surface area contributed by atoms with Gasteiger partial charge in [-0.25, -0.2) is 17.7 Å². The van der Waals surface area contributed by atoms with Gasteiger partial charge in [-0.05, 0) is 121 Å². The van der Waals surface area contributed by atoms with Crippen LogP contribution in [-0.2, 0) is 16.2 Å². The SMILES string of the molecule is CC1(C)CCC(CN2CCN(c3ccc(C(=O)NSc4ccc(NCCC5CCN(S(C)(=O)=O)CC5)c([N+](=O)[O-])c4)c(Oc4cnc5[nH]ccc5c4)c3)CC2)=C(c2ccc(C(F)(F)F)cc2Cl)C1. The van der Waals surface area contributed by atoms with Gasteiger partial charge in [0, 0.05) is 91.7 Å². The number of anilines is 2. The molecule has 3 aromatic carbocycles. The van der Waals surface area contributed by atoms with Crippen LogP contribution in [0.2, 0.25) is 5.02 Å². The van der Waals surface area contributed by atoms with Crippen molar-refractivity contribution in [2.75, 3.05) is 68.8 Å². The Hall–Kier alpha value is -5.34. The number of aromatic amines is 1. The molecular formula is C48H54ClF3N8O6S2. The van der Waals surface area contributed by atoms with Crippen LogP contribution >= 0.6 is 23.5 Å². The Morgan fingerprint density at radius 2 is 1.79 bits per heavy atom. The number of piperidine rings is 1. The Morgan fingerprint density at radius 1 is 1.03 bits per heavy atom. The molecule has 5 aromatic rings. The fraction of sp³-hybridized carbons (Fsp3) is 0.417. The van der Waals surface area contributed by atoms with Gasteiger partial charge in [-0.15, -0.1) is 0 Å². The third-order valence-corrected chi connectivity index (χ3v) is 15.5. The molecule has 4 heterocycles. The summed E-state index contributed by atoms with van der Waals surface area (Å²) < 4.78 is 75.0. The van der Waals surface area contributed by atoms with E-state index >= 15 is 0 Å². The number of nitro groups is 1. The van der Waals surface area contributed by atoms with Gasteiger partial charge in [0.05, 0.1) is 28.5 Å². The second-order valence-electron chi connectivity index (χ2n) is 18.5. The van der Waals surface area contributed by atoms with Crippen LogP contribution in [0.3, 0.4) is 0 Å². The van der Waals surface area contributed by atoms with Crippen molar-refractivity contribution < 1.29 is 36.0 Å². The van der Waals surface area contributed by atoms with Gasteiger partial charge < -0.3 is 19.9 Å². The number of aromatic nitrogens is 2. The molecule has 0 unspecified atom stereocenters. The molecule has 0 saturated carbocycles. The zero-order chi connectivity index (χ0) is 48.4. The lowest BCUT2D eigenvalue weighted by Gasteiger charge is -2.39. The minimum Gasteiger partial charge on any atom is -0.455 e. The Morgan fingerprint density at radius 3 is 2.50 bits per heavy atom. The number of carbonyl (C=O) groups is 1. The number of amides is 1. The van der Waals surface area contributed by atoms with E-state index in [4.69, 9.17) is 16.3 Å². The van der Waals surface area contributed by atoms with Crippen molar-refractivity contribution >= 4 is 73.1 Å². The Balaban J connectivity index is 0.941. The lowest BCUT2D eigenvalue weighted by atomic mass is 9.72. The third-order valence-electron chi connectivity index (χ3n) is 13.1. The highest BCUT2D eigenvalue weighted by Gasteiger charge is 2.34. The summed E-state index contributed by atoms with van der Waals surface area (Å²) in [6.45, 7) is 9.22. The normalized spacial score (nSPS) is 17.7. The molecule has 0 bridgehead atoms. The number of piperazine rings is 1. The molecule has 2 fully saturated rings. The number of alkyl halides is 3. The van der Waals surface area contributed by atoms with Crippen molar-refractivity contribution in [3.05, 3.63) is 117 Å². The molecular weight excluding hydrogens is 941 g/mol. The quantitative estimate of drug-likeness (QED) is 0.0519. The summed E-state index contributed by atoms with van der Waals surface area (Å²) in [6.07, 6.45) is 4.77. The number of hydrogen-bond acceptors (Lipinski definition) is 11. The van der Waals surface area contributed by atoms with Crippen molar-refractivity contribution in [2.45, 2.75) is 63.4 Å². The van der Waals surface area contributed by atoms with Crippen LogP contribution in [0.25, 0.3) is 16.6 Å². The molecule has 362 valence electrons. The first kappa shape index (κ1) is 49.1. The lowest BCUT2D eigenvalue weighted by Crippen LogP contribution is -2.47. The molecule has 1 aliphatic carbocycles. The topological polar surface area (TPSA) is 166 Å². The number of halogens is 4. The first-order valence-corrected chi connectivity index (χ1v) is 25.6. The van der Waals surface area contributed by atoms with Crippen molar-refractivity contribution in [2.24, 2.45) is 11.3 Å². The highest BCUT2D eigenvalue weighted by atomic mass is 35.5. The number of rotatable bonds is 15. The number of sulfonamides is 1. The minimum absolute atomic E-state index is 0.0230. The highest BCUT2D eigenvalue weighted by molar-refractivity contribution is 7.98. The number of H-pyrrole nitrogens is 1. The van der Waals surface area contributed by atoms with E-state index in [-0.39, 0.29) is 21.7 Å². The maximum Gasteiger partial charge on any atom is 0.416 e.